The summed E-state index contributed by atoms with van der Waals surface area (Å²) in [6, 6.07) is 53.1. The average molecular weight is 536 g/mol. The van der Waals surface area contributed by atoms with Crippen LogP contribution in [0.5, 0.6) is 0 Å². The zero-order valence-electron chi connectivity index (χ0n) is 23.4. The van der Waals surface area contributed by atoms with Crippen molar-refractivity contribution in [3.63, 3.8) is 0 Å². The fraction of sp³-hybridized carbons (Fsp3) is 0.111. The maximum absolute atomic E-state index is 4.82. The molecule has 6 rings (SSSR count). The van der Waals surface area contributed by atoms with Crippen LogP contribution in [-0.4, -0.2) is 17.3 Å². The first-order valence-corrected chi connectivity index (χ1v) is 13.9. The Kier molecular flexibility index (Phi) is 7.44. The Bertz CT molecular complexity index is 1520. The molecule has 0 bridgehead atoms. The summed E-state index contributed by atoms with van der Waals surface area (Å²) in [5, 5.41) is 15.8. The van der Waals surface area contributed by atoms with E-state index >= 15 is 0 Å². The maximum atomic E-state index is 4.82. The summed E-state index contributed by atoms with van der Waals surface area (Å²) >= 11 is 0. The molecule has 5 heteroatoms. The van der Waals surface area contributed by atoms with Crippen LogP contribution in [0.2, 0.25) is 0 Å². The molecule has 5 aromatic carbocycles. The Hall–Kier alpha value is -5.00. The van der Waals surface area contributed by atoms with E-state index in [0.29, 0.717) is 6.54 Å². The topological polar surface area (TPSA) is 34.4 Å². The molecule has 1 aliphatic heterocycles. The minimum atomic E-state index is -0.699. The van der Waals surface area contributed by atoms with E-state index in [1.165, 1.54) is 5.56 Å². The van der Waals surface area contributed by atoms with Crippen molar-refractivity contribution in [2.45, 2.75) is 18.9 Å². The molecule has 0 amide bonds. The molecule has 5 aromatic rings. The molecular weight excluding hydrogens is 502 g/mol. The summed E-state index contributed by atoms with van der Waals surface area (Å²) < 4.78 is 0. The van der Waals surface area contributed by atoms with Crippen molar-refractivity contribution >= 4 is 5.69 Å². The van der Waals surface area contributed by atoms with E-state index in [-0.39, 0.29) is 0 Å². The van der Waals surface area contributed by atoms with Crippen LogP contribution < -0.4 is 5.01 Å². The van der Waals surface area contributed by atoms with Gasteiger partial charge in [0.25, 0.3) is 0 Å². The summed E-state index contributed by atoms with van der Waals surface area (Å²) in [4.78, 5) is 0. The van der Waals surface area contributed by atoms with Gasteiger partial charge in [-0.3, -0.25) is 0 Å². The smallest absolute Gasteiger partial charge is 0.0894 e. The summed E-state index contributed by atoms with van der Waals surface area (Å²) in [7, 11) is 2.05. The number of hydrogen-bond acceptors (Lipinski definition) is 5. The highest BCUT2D eigenvalue weighted by molar-refractivity contribution is 5.66. The van der Waals surface area contributed by atoms with Crippen LogP contribution in [0.3, 0.4) is 0 Å². The molecule has 0 aliphatic carbocycles. The summed E-state index contributed by atoms with van der Waals surface area (Å²) in [6.45, 7) is 2.72. The lowest BCUT2D eigenvalue weighted by Gasteiger charge is -2.48. The van der Waals surface area contributed by atoms with Crippen molar-refractivity contribution in [3.8, 4) is 0 Å². The van der Waals surface area contributed by atoms with Crippen LogP contribution in [-0.2, 0) is 12.0 Å². The van der Waals surface area contributed by atoms with Gasteiger partial charge >= 0.3 is 0 Å². The Balaban J connectivity index is 1.64. The van der Waals surface area contributed by atoms with Gasteiger partial charge in [0.1, 0.15) is 0 Å². The van der Waals surface area contributed by atoms with Crippen molar-refractivity contribution in [3.05, 3.63) is 185 Å². The molecule has 1 heterocycles. The third kappa shape index (κ3) is 4.92. The van der Waals surface area contributed by atoms with Gasteiger partial charge in [0.2, 0.25) is 0 Å². The van der Waals surface area contributed by atoms with Crippen molar-refractivity contribution in [1.29, 1.82) is 0 Å². The lowest BCUT2D eigenvalue weighted by Crippen LogP contribution is -2.54. The summed E-state index contributed by atoms with van der Waals surface area (Å²) in [6.07, 6.45) is 0. The van der Waals surface area contributed by atoms with Crippen LogP contribution in [0.4, 0.5) is 5.69 Å². The lowest BCUT2D eigenvalue weighted by molar-refractivity contribution is -0.0260. The molecule has 0 saturated heterocycles. The molecule has 0 N–H and O–H groups in total. The second-order valence-electron chi connectivity index (χ2n) is 10.2. The van der Waals surface area contributed by atoms with E-state index in [1.807, 2.05) is 17.4 Å². The first kappa shape index (κ1) is 26.2. The fourth-order valence-corrected chi connectivity index (χ4v) is 5.78. The number of anilines is 1. The number of nitrogens with zero attached hydrogens (tertiary/aromatic N) is 5. The van der Waals surface area contributed by atoms with E-state index in [9.17, 15) is 0 Å². The molecule has 41 heavy (non-hydrogen) atoms. The minimum Gasteiger partial charge on any atom is -0.222 e. The van der Waals surface area contributed by atoms with Gasteiger partial charge < -0.3 is 0 Å². The standard InChI is InChI=1S/C36H33N5/c1-29-35(36(31-20-10-4-11-21-31,32-22-12-5-13-23-32)33-24-14-6-15-25-33)40(34-26-16-7-17-27-34)41(38-37-29)39(2)28-30-18-8-3-9-19-30/h3-27H,28H2,1-2H3. The molecular formula is C36H33N5. The number of hydrazine groups is 2. The average Bonchev–Trinajstić information content (AvgIpc) is 3.04. The third-order valence-electron chi connectivity index (χ3n) is 7.54. The Morgan fingerprint density at radius 3 is 1.46 bits per heavy atom. The molecule has 5 nitrogen and oxygen atoms in total. The molecule has 0 spiro atoms. The normalized spacial score (nSPS) is 13.6. The fourth-order valence-electron chi connectivity index (χ4n) is 5.78. The number of hydrogen-bond donors (Lipinski definition) is 0. The molecule has 0 aromatic heterocycles. The predicted octanol–water partition coefficient (Wildman–Crippen LogP) is 8.40. The van der Waals surface area contributed by atoms with Crippen LogP contribution in [0.25, 0.3) is 0 Å². The molecule has 1 aliphatic rings. The van der Waals surface area contributed by atoms with Crippen molar-refractivity contribution in [2.75, 3.05) is 12.1 Å². The molecule has 0 unspecified atom stereocenters. The highest BCUT2D eigenvalue weighted by atomic mass is 16.0. The quantitative estimate of drug-likeness (QED) is 0.187. The lowest BCUT2D eigenvalue weighted by atomic mass is 9.66. The zero-order chi connectivity index (χ0) is 28.1. The molecule has 0 atom stereocenters. The Morgan fingerprint density at radius 2 is 1.00 bits per heavy atom. The van der Waals surface area contributed by atoms with Crippen LogP contribution in [0.1, 0.15) is 29.2 Å². The largest absolute Gasteiger partial charge is 0.222 e. The van der Waals surface area contributed by atoms with E-state index in [1.54, 1.807) is 0 Å². The Morgan fingerprint density at radius 1 is 0.585 bits per heavy atom. The van der Waals surface area contributed by atoms with Gasteiger partial charge in [-0.25, -0.2) is 5.01 Å². The van der Waals surface area contributed by atoms with Gasteiger partial charge in [-0.2, -0.15) is 5.01 Å². The second-order valence-corrected chi connectivity index (χ2v) is 10.2. The predicted molar refractivity (Wildman–Crippen MR) is 165 cm³/mol. The van der Waals surface area contributed by atoms with Gasteiger partial charge in [0.15, 0.2) is 0 Å². The van der Waals surface area contributed by atoms with E-state index < -0.39 is 5.41 Å². The Labute approximate surface area is 242 Å². The van der Waals surface area contributed by atoms with Gasteiger partial charge in [0, 0.05) is 13.6 Å². The maximum Gasteiger partial charge on any atom is 0.0894 e. The highest BCUT2D eigenvalue weighted by Gasteiger charge is 2.47. The first-order chi connectivity index (χ1) is 20.2. The number of allylic oxidation sites excluding steroid dienone is 2. The van der Waals surface area contributed by atoms with E-state index in [4.69, 9.17) is 10.3 Å². The van der Waals surface area contributed by atoms with Crippen LogP contribution in [0, 0.1) is 0 Å². The van der Waals surface area contributed by atoms with Gasteiger partial charge in [-0.05, 0) is 46.5 Å². The van der Waals surface area contributed by atoms with E-state index in [0.717, 1.165) is 33.8 Å². The molecule has 0 saturated carbocycles. The van der Waals surface area contributed by atoms with Gasteiger partial charge in [-0.1, -0.05) is 140 Å². The summed E-state index contributed by atoms with van der Waals surface area (Å²) in [5.41, 5.74) is 6.78. The van der Waals surface area contributed by atoms with Crippen molar-refractivity contribution in [2.24, 2.45) is 10.3 Å². The third-order valence-corrected chi connectivity index (χ3v) is 7.54. The monoisotopic (exact) mass is 535 g/mol. The van der Waals surface area contributed by atoms with Gasteiger partial charge in [-0.15, -0.1) is 10.3 Å². The van der Waals surface area contributed by atoms with E-state index in [2.05, 4.69) is 164 Å². The number of benzene rings is 5. The molecule has 202 valence electrons. The second kappa shape index (κ2) is 11.6. The molecule has 0 fully saturated rings. The number of rotatable bonds is 8. The van der Waals surface area contributed by atoms with Crippen molar-refractivity contribution in [1.82, 2.24) is 10.2 Å². The van der Waals surface area contributed by atoms with Crippen LogP contribution in [0.15, 0.2) is 173 Å². The highest BCUT2D eigenvalue weighted by Crippen LogP contribution is 2.50. The van der Waals surface area contributed by atoms with Crippen LogP contribution >= 0.6 is 0 Å². The van der Waals surface area contributed by atoms with Crippen molar-refractivity contribution < 1.29 is 0 Å². The number of para-hydroxylation sites is 1. The van der Waals surface area contributed by atoms with Gasteiger partial charge in [0.05, 0.1) is 22.5 Å². The molecule has 0 radical (unpaired) electrons. The first-order valence-electron chi connectivity index (χ1n) is 13.9. The SMILES string of the molecule is CC1=C(C(c2ccccc2)(c2ccccc2)c2ccccc2)N(c2ccccc2)N(N(C)Cc2ccccc2)N=N1. The zero-order valence-corrected chi connectivity index (χ0v) is 23.4. The minimum absolute atomic E-state index is 0.657. The summed E-state index contributed by atoms with van der Waals surface area (Å²) in [5.74, 6) is 0.